The number of aliphatic hydroxyl groups excluding tert-OH is 1. The van der Waals surface area contributed by atoms with Crippen LogP contribution in [0.25, 0.3) is 0 Å². The topological polar surface area (TPSA) is 237 Å². The molecule has 0 saturated heterocycles. The molecule has 0 aliphatic heterocycles. The van der Waals surface area contributed by atoms with Crippen molar-refractivity contribution < 1.29 is 80.2 Å². The lowest BCUT2D eigenvalue weighted by Gasteiger charge is -2.21. The first kappa shape index (κ1) is 91.1. The van der Waals surface area contributed by atoms with Gasteiger partial charge in [0.25, 0.3) is 0 Å². The van der Waals surface area contributed by atoms with Gasteiger partial charge in [-0.05, 0) is 37.5 Å². The third kappa shape index (κ3) is 67.0. The van der Waals surface area contributed by atoms with E-state index in [9.17, 15) is 43.2 Å². The fraction of sp³-hybridized carbons (Fsp3) is 0.946. The summed E-state index contributed by atoms with van der Waals surface area (Å²) in [6.45, 7) is 9.55. The van der Waals surface area contributed by atoms with Crippen molar-refractivity contribution in [1.82, 2.24) is 0 Å². The minimum absolute atomic E-state index is 0.105. The van der Waals surface area contributed by atoms with Crippen LogP contribution >= 0.6 is 15.6 Å². The number of ether oxygens (including phenoxy) is 4. The zero-order valence-electron chi connectivity index (χ0n) is 60.6. The number of unbranched alkanes of at least 4 members (excludes halogenated alkanes) is 42. The van der Waals surface area contributed by atoms with Crippen LogP contribution in [0.5, 0.6) is 0 Å². The Balaban J connectivity index is 5.26. The van der Waals surface area contributed by atoms with Gasteiger partial charge < -0.3 is 33.8 Å². The van der Waals surface area contributed by atoms with E-state index >= 15 is 0 Å². The summed E-state index contributed by atoms with van der Waals surface area (Å²) in [6, 6.07) is 0. The summed E-state index contributed by atoms with van der Waals surface area (Å²) in [4.78, 5) is 72.7. The first-order valence-corrected chi connectivity index (χ1v) is 41.5. The van der Waals surface area contributed by atoms with Crippen molar-refractivity contribution in [3.05, 3.63) is 0 Å². The summed E-state index contributed by atoms with van der Waals surface area (Å²) < 4.78 is 68.5. The van der Waals surface area contributed by atoms with Crippen molar-refractivity contribution in [2.45, 2.75) is 400 Å². The van der Waals surface area contributed by atoms with Gasteiger partial charge in [-0.15, -0.1) is 0 Å². The smallest absolute Gasteiger partial charge is 0.462 e. The molecule has 0 heterocycles. The van der Waals surface area contributed by atoms with Crippen molar-refractivity contribution in [3.63, 3.8) is 0 Å². The lowest BCUT2D eigenvalue weighted by molar-refractivity contribution is -0.161. The Hall–Kier alpha value is -1.94. The molecule has 552 valence electrons. The second-order valence-corrected chi connectivity index (χ2v) is 30.3. The Morgan fingerprint density at radius 3 is 0.817 bits per heavy atom. The normalized spacial score (nSPS) is 14.3. The van der Waals surface area contributed by atoms with Crippen LogP contribution in [0.15, 0.2) is 0 Å². The Labute approximate surface area is 568 Å². The molecule has 93 heavy (non-hydrogen) atoms. The zero-order valence-corrected chi connectivity index (χ0v) is 62.3. The molecule has 19 heteroatoms. The zero-order chi connectivity index (χ0) is 68.6. The summed E-state index contributed by atoms with van der Waals surface area (Å²) in [5, 5.41) is 10.6. The molecule has 0 aromatic heterocycles. The van der Waals surface area contributed by atoms with Crippen LogP contribution in [0.1, 0.15) is 382 Å². The predicted molar refractivity (Wildman–Crippen MR) is 377 cm³/mol. The van der Waals surface area contributed by atoms with Crippen molar-refractivity contribution in [2.75, 3.05) is 39.6 Å². The minimum atomic E-state index is -4.96. The van der Waals surface area contributed by atoms with Gasteiger partial charge in [-0.1, -0.05) is 330 Å². The summed E-state index contributed by atoms with van der Waals surface area (Å²) >= 11 is 0. The van der Waals surface area contributed by atoms with Crippen molar-refractivity contribution in [1.29, 1.82) is 0 Å². The van der Waals surface area contributed by atoms with Crippen LogP contribution in [-0.2, 0) is 65.4 Å². The van der Waals surface area contributed by atoms with Crippen LogP contribution in [0.2, 0.25) is 0 Å². The maximum atomic E-state index is 13.1. The van der Waals surface area contributed by atoms with Gasteiger partial charge in [0.1, 0.15) is 19.3 Å². The van der Waals surface area contributed by atoms with Crippen molar-refractivity contribution in [3.8, 4) is 0 Å². The largest absolute Gasteiger partial charge is 0.472 e. The molecule has 0 aromatic rings. The number of rotatable bonds is 73. The number of phosphoric ester groups is 2. The molecule has 0 saturated carbocycles. The fourth-order valence-corrected chi connectivity index (χ4v) is 12.8. The Kier molecular flexibility index (Phi) is 64.6. The van der Waals surface area contributed by atoms with Gasteiger partial charge >= 0.3 is 39.5 Å². The molecule has 3 unspecified atom stereocenters. The van der Waals surface area contributed by atoms with Gasteiger partial charge in [0.15, 0.2) is 12.2 Å². The number of aliphatic hydroxyl groups is 1. The molecule has 0 bridgehead atoms. The van der Waals surface area contributed by atoms with Crippen LogP contribution in [-0.4, -0.2) is 96.7 Å². The predicted octanol–water partition coefficient (Wildman–Crippen LogP) is 21.6. The van der Waals surface area contributed by atoms with Gasteiger partial charge in [0.2, 0.25) is 0 Å². The van der Waals surface area contributed by atoms with E-state index in [1.807, 2.05) is 0 Å². The highest BCUT2D eigenvalue weighted by Gasteiger charge is 2.30. The van der Waals surface area contributed by atoms with E-state index in [1.54, 1.807) is 0 Å². The summed E-state index contributed by atoms with van der Waals surface area (Å²) in [5.41, 5.74) is 0. The summed E-state index contributed by atoms with van der Waals surface area (Å²) in [5.74, 6) is -0.623. The molecular formula is C74H144O17P2. The quantitative estimate of drug-likeness (QED) is 0.0222. The molecule has 0 aliphatic carbocycles. The highest BCUT2D eigenvalue weighted by atomic mass is 31.2. The number of phosphoric acid groups is 2. The molecular weight excluding hydrogens is 1220 g/mol. The Morgan fingerprint density at radius 2 is 0.548 bits per heavy atom. The minimum Gasteiger partial charge on any atom is -0.462 e. The van der Waals surface area contributed by atoms with Gasteiger partial charge in [-0.3, -0.25) is 37.3 Å². The lowest BCUT2D eigenvalue weighted by Crippen LogP contribution is -2.30. The van der Waals surface area contributed by atoms with E-state index in [0.717, 1.165) is 102 Å². The molecule has 0 rings (SSSR count). The van der Waals surface area contributed by atoms with Crippen molar-refractivity contribution >= 4 is 39.5 Å². The van der Waals surface area contributed by atoms with Crippen LogP contribution in [0.4, 0.5) is 0 Å². The van der Waals surface area contributed by atoms with Gasteiger partial charge in [-0.2, -0.15) is 0 Å². The highest BCUT2D eigenvalue weighted by Crippen LogP contribution is 2.45. The first-order chi connectivity index (χ1) is 44.9. The number of hydrogen-bond donors (Lipinski definition) is 3. The Bertz CT molecular complexity index is 1810. The Morgan fingerprint density at radius 1 is 0.312 bits per heavy atom. The van der Waals surface area contributed by atoms with E-state index in [0.29, 0.717) is 25.7 Å². The third-order valence-corrected chi connectivity index (χ3v) is 19.5. The molecule has 0 fully saturated rings. The second kappa shape index (κ2) is 66.0. The van der Waals surface area contributed by atoms with E-state index in [2.05, 4.69) is 41.5 Å². The number of carbonyl (C=O) groups is 4. The van der Waals surface area contributed by atoms with Gasteiger partial charge in [0, 0.05) is 25.7 Å². The molecule has 0 radical (unpaired) electrons. The molecule has 0 aliphatic rings. The maximum Gasteiger partial charge on any atom is 0.472 e. The molecule has 0 amide bonds. The molecule has 0 aromatic carbocycles. The summed E-state index contributed by atoms with van der Waals surface area (Å²) in [7, 11) is -9.91. The highest BCUT2D eigenvalue weighted by molar-refractivity contribution is 7.47. The van der Waals surface area contributed by atoms with Gasteiger partial charge in [-0.25, -0.2) is 9.13 Å². The number of carbonyl (C=O) groups excluding carboxylic acids is 4. The second-order valence-electron chi connectivity index (χ2n) is 27.4. The molecule has 17 nitrogen and oxygen atoms in total. The molecule has 6 atom stereocenters. The first-order valence-electron chi connectivity index (χ1n) is 38.5. The third-order valence-electron chi connectivity index (χ3n) is 17.6. The van der Waals surface area contributed by atoms with Crippen LogP contribution in [0, 0.1) is 11.8 Å². The number of esters is 4. The maximum absolute atomic E-state index is 13.1. The average molecular weight is 1370 g/mol. The molecule has 0 spiro atoms. The lowest BCUT2D eigenvalue weighted by atomic mass is 9.99. The van der Waals surface area contributed by atoms with E-state index in [4.69, 9.17) is 37.0 Å². The van der Waals surface area contributed by atoms with Gasteiger partial charge in [0.05, 0.1) is 26.4 Å². The van der Waals surface area contributed by atoms with Crippen LogP contribution in [0.3, 0.4) is 0 Å². The van der Waals surface area contributed by atoms with E-state index in [-0.39, 0.29) is 25.7 Å². The standard InChI is InChI=1S/C74H144O17P2/c1-7-10-12-14-16-18-20-22-24-25-27-29-31-40-46-52-58-73(78)90-69(62-84-71(76)56-50-44-38-30-28-26-23-21-19-17-15-13-11-8-2)64-88-92(80,81)86-60-68(75)61-87-93(82,83)89-65-70(63-85-72(77)57-51-45-39-34-32-36-42-48-54-66(4)5)91-74(79)59-53-47-41-35-33-37-43-49-55-67(6)9-3/h66-70,75H,7-65H2,1-6H3,(H,80,81)(H,82,83)/t67?,68-,69-,70-/m1/s1. The van der Waals surface area contributed by atoms with Crippen LogP contribution < -0.4 is 0 Å². The average Bonchev–Trinajstić information content (AvgIpc) is 3.02. The number of hydrogen-bond acceptors (Lipinski definition) is 15. The van der Waals surface area contributed by atoms with E-state index in [1.165, 1.54) is 199 Å². The molecule has 3 N–H and O–H groups in total. The monoisotopic (exact) mass is 1370 g/mol. The SMILES string of the molecule is CCCCCCCCCCCCCCCCCCC(=O)O[C@H](COC(=O)CCCCCCCCCCCCCCCC)COP(=O)(O)OC[C@@H](O)COP(=O)(O)OC[C@@H](COC(=O)CCCCCCCCCCC(C)C)OC(=O)CCCCCCCCCCC(C)CC. The fourth-order valence-electron chi connectivity index (χ4n) is 11.3. The van der Waals surface area contributed by atoms with E-state index < -0.39 is 97.5 Å². The van der Waals surface area contributed by atoms with Crippen molar-refractivity contribution in [2.24, 2.45) is 11.8 Å². The summed E-state index contributed by atoms with van der Waals surface area (Å²) in [6.07, 6.45) is 52.6.